The lowest BCUT2D eigenvalue weighted by atomic mass is 10.5. The van der Waals surface area contributed by atoms with Crippen molar-refractivity contribution in [2.24, 2.45) is 0 Å². The van der Waals surface area contributed by atoms with Gasteiger partial charge in [-0.15, -0.1) is 0 Å². The maximum Gasteiger partial charge on any atom is 0.438 e. The van der Waals surface area contributed by atoms with Crippen molar-refractivity contribution >= 4 is 32.6 Å². The van der Waals surface area contributed by atoms with E-state index in [1.165, 1.54) is 0 Å². The van der Waals surface area contributed by atoms with E-state index in [4.69, 9.17) is 0 Å². The Morgan fingerprint density at radius 3 is 2.08 bits per heavy atom. The quantitative estimate of drug-likeness (QED) is 0.243. The molecule has 0 aliphatic carbocycles. The van der Waals surface area contributed by atoms with Crippen LogP contribution < -0.4 is 4.68 Å². The van der Waals surface area contributed by atoms with Crippen molar-refractivity contribution in [3.05, 3.63) is 29.1 Å². The third-order valence-electron chi connectivity index (χ3n) is 2.36. The molecule has 0 N–H and O–H groups in total. The number of hydrogen-bond donors (Lipinski definition) is 0. The normalized spacial score (nSPS) is 14.5. The second-order valence-electron chi connectivity index (χ2n) is 4.27. The van der Waals surface area contributed by atoms with E-state index >= 15 is 0 Å². The number of sulfonamides is 1. The van der Waals surface area contributed by atoms with E-state index in [9.17, 15) is 43.5 Å². The minimum atomic E-state index is -6.54. The molecular weight excluding hydrogens is 509 g/mol. The van der Waals surface area contributed by atoms with Crippen molar-refractivity contribution in [1.82, 2.24) is 4.98 Å². The van der Waals surface area contributed by atoms with Crippen LogP contribution in [0.2, 0.25) is 0 Å². The summed E-state index contributed by atoms with van der Waals surface area (Å²) in [6, 6.07) is 0. The van der Waals surface area contributed by atoms with Crippen LogP contribution in [-0.2, 0) is 14.8 Å². The molecule has 0 spiro atoms. The van der Waals surface area contributed by atoms with Gasteiger partial charge in [0.2, 0.25) is 10.0 Å². The van der Waals surface area contributed by atoms with Gasteiger partial charge in [0, 0.05) is 29.5 Å². The molecule has 0 unspecified atom stereocenters. The van der Waals surface area contributed by atoms with Crippen molar-refractivity contribution in [3.63, 3.8) is 0 Å². The molecule has 16 heteroatoms. The lowest BCUT2D eigenvalue weighted by Crippen LogP contribution is -2.56. The first-order valence-electron chi connectivity index (χ1n) is 5.65. The summed E-state index contributed by atoms with van der Waals surface area (Å²) in [5.74, 6) is 0. The first kappa shape index (κ1) is 22.0. The van der Waals surface area contributed by atoms with Crippen LogP contribution in [0, 0.1) is 6.92 Å². The van der Waals surface area contributed by atoms with Gasteiger partial charge in [-0.3, -0.25) is 4.98 Å². The van der Waals surface area contributed by atoms with Crippen LogP contribution in [0.15, 0.2) is 18.6 Å². The molecule has 1 aromatic heterocycles. The summed E-state index contributed by atoms with van der Waals surface area (Å²) in [5.41, 5.74) is -0.213. The third-order valence-corrected chi connectivity index (χ3v) is 4.27. The number of aromatic nitrogens is 2. The lowest BCUT2D eigenvalue weighted by molar-refractivity contribution is -0.621. The van der Waals surface area contributed by atoms with E-state index in [1.54, 1.807) is 0 Å². The average molecular weight is 515 g/mol. The molecule has 1 heterocycles. The molecule has 0 amide bonds. The minimum absolute atomic E-state index is 0.178. The highest BCUT2D eigenvalue weighted by Crippen LogP contribution is 2.49. The van der Waals surface area contributed by atoms with Crippen LogP contribution in [0.3, 0.4) is 0 Å². The summed E-state index contributed by atoms with van der Waals surface area (Å²) < 4.78 is 124. The molecule has 0 saturated heterocycles. The SMILES string of the molecule is Cc1cncc[n+]1[N-]S(=O)(=O)C(F)(F)C(F)(F)OC(F)(F)C(F)(F)I. The minimum Gasteiger partial charge on any atom is -0.317 e. The zero-order valence-electron chi connectivity index (χ0n) is 11.6. The van der Waals surface area contributed by atoms with Crippen LogP contribution in [0.1, 0.15) is 5.69 Å². The summed E-state index contributed by atoms with van der Waals surface area (Å²) in [4.78, 5) is 5.77. The Labute approximate surface area is 148 Å². The van der Waals surface area contributed by atoms with E-state index in [0.717, 1.165) is 19.3 Å². The Kier molecular flexibility index (Phi) is 5.81. The fraction of sp³-hybridized carbons (Fsp3) is 0.556. The molecule has 0 aliphatic rings. The molecule has 0 radical (unpaired) electrons. The smallest absolute Gasteiger partial charge is 0.317 e. The van der Waals surface area contributed by atoms with Gasteiger partial charge in [0.15, 0.2) is 11.9 Å². The van der Waals surface area contributed by atoms with E-state index in [2.05, 4.69) is 14.6 Å². The summed E-state index contributed by atoms with van der Waals surface area (Å²) in [7, 11) is -6.54. The molecule has 25 heavy (non-hydrogen) atoms. The number of nitrogens with zero attached hydrogens (tertiary/aromatic N) is 3. The summed E-state index contributed by atoms with van der Waals surface area (Å²) >= 11 is -0.339. The highest BCUT2D eigenvalue weighted by Gasteiger charge is 2.72. The average Bonchev–Trinajstić information content (AvgIpc) is 2.38. The van der Waals surface area contributed by atoms with Gasteiger partial charge in [0.05, 0.1) is 12.4 Å². The Bertz CT molecular complexity index is 740. The third kappa shape index (κ3) is 4.39. The van der Waals surface area contributed by atoms with E-state index < -0.39 is 31.4 Å². The number of ether oxygens (including phenoxy) is 1. The fourth-order valence-electron chi connectivity index (χ4n) is 1.12. The predicted molar refractivity (Wildman–Crippen MR) is 71.7 cm³/mol. The van der Waals surface area contributed by atoms with Gasteiger partial charge in [-0.2, -0.15) is 35.1 Å². The van der Waals surface area contributed by atoms with Crippen LogP contribution in [0.5, 0.6) is 0 Å². The summed E-state index contributed by atoms with van der Waals surface area (Å²) in [6.45, 7) is 1.10. The molecule has 1 rings (SSSR count). The second-order valence-corrected chi connectivity index (χ2v) is 7.25. The second kappa shape index (κ2) is 6.60. The summed E-state index contributed by atoms with van der Waals surface area (Å²) in [5, 5.41) is -6.39. The first-order valence-corrected chi connectivity index (χ1v) is 8.17. The Balaban J connectivity index is 3.22. The molecular formula is C9H6F8IN3O3S. The Hall–Kier alpha value is -1.04. The number of alkyl halides is 9. The van der Waals surface area contributed by atoms with Crippen LogP contribution >= 0.6 is 22.6 Å². The molecule has 144 valence electrons. The molecule has 0 aromatic carbocycles. The van der Waals surface area contributed by atoms with Gasteiger partial charge in [0.25, 0.3) is 0 Å². The molecule has 0 bridgehead atoms. The number of aryl methyl sites for hydroxylation is 1. The first-order chi connectivity index (χ1) is 10.9. The monoisotopic (exact) mass is 515 g/mol. The van der Waals surface area contributed by atoms with Crippen LogP contribution in [0.25, 0.3) is 4.83 Å². The largest absolute Gasteiger partial charge is 0.438 e. The van der Waals surface area contributed by atoms with Crippen LogP contribution in [0.4, 0.5) is 35.1 Å². The van der Waals surface area contributed by atoms with Gasteiger partial charge >= 0.3 is 21.4 Å². The maximum atomic E-state index is 13.5. The van der Waals surface area contributed by atoms with Crippen LogP contribution in [-0.4, -0.2) is 34.8 Å². The molecule has 0 aliphatic heterocycles. The van der Waals surface area contributed by atoms with Gasteiger partial charge in [-0.1, -0.05) is 0 Å². The molecule has 6 nitrogen and oxygen atoms in total. The van der Waals surface area contributed by atoms with Crippen molar-refractivity contribution in [1.29, 1.82) is 0 Å². The lowest BCUT2D eigenvalue weighted by Gasteiger charge is -2.32. The summed E-state index contributed by atoms with van der Waals surface area (Å²) in [6.07, 6.45) is -10.2. The standard InChI is InChI=1S/C9H6F8IN3O3S/c1-5-4-19-2-3-21(5)20-25(22,23)9(16,17)8(14,15)24-7(12,13)6(10,11)18/h2-4H,1H3. The van der Waals surface area contributed by atoms with E-state index in [-0.39, 0.29) is 33.0 Å². The van der Waals surface area contributed by atoms with Crippen molar-refractivity contribution < 1.29 is 53.0 Å². The Morgan fingerprint density at radius 1 is 1.12 bits per heavy atom. The maximum absolute atomic E-state index is 13.5. The number of rotatable bonds is 7. The Morgan fingerprint density at radius 2 is 1.64 bits per heavy atom. The zero-order valence-corrected chi connectivity index (χ0v) is 14.6. The van der Waals surface area contributed by atoms with E-state index in [1.807, 2.05) is 0 Å². The highest BCUT2D eigenvalue weighted by atomic mass is 127. The molecule has 1 aromatic rings. The van der Waals surface area contributed by atoms with Crippen molar-refractivity contribution in [3.8, 4) is 0 Å². The van der Waals surface area contributed by atoms with Crippen molar-refractivity contribution in [2.45, 2.75) is 28.3 Å². The van der Waals surface area contributed by atoms with Crippen molar-refractivity contribution in [2.75, 3.05) is 0 Å². The number of halogens is 9. The predicted octanol–water partition coefficient (Wildman–Crippen LogP) is 2.97. The van der Waals surface area contributed by atoms with Gasteiger partial charge in [-0.25, -0.2) is 17.8 Å². The topological polar surface area (TPSA) is 74.2 Å². The highest BCUT2D eigenvalue weighted by molar-refractivity contribution is 14.1. The van der Waals surface area contributed by atoms with Gasteiger partial charge in [-0.05, 0) is 0 Å². The number of hydrogen-bond acceptors (Lipinski definition) is 4. The fourth-order valence-corrected chi connectivity index (χ4v) is 2.09. The zero-order chi connectivity index (χ0) is 19.9. The molecule has 0 fully saturated rings. The molecule has 0 atom stereocenters. The van der Waals surface area contributed by atoms with Gasteiger partial charge < -0.3 is 4.83 Å². The van der Waals surface area contributed by atoms with Gasteiger partial charge in [0.1, 0.15) is 0 Å². The van der Waals surface area contributed by atoms with E-state index in [0.29, 0.717) is 6.20 Å². The molecule has 0 saturated carbocycles.